The third-order valence-corrected chi connectivity index (χ3v) is 14.1. The van der Waals surface area contributed by atoms with E-state index in [0.717, 1.165) is 78.9 Å². The summed E-state index contributed by atoms with van der Waals surface area (Å²) >= 11 is 1.95. The van der Waals surface area contributed by atoms with Crippen molar-refractivity contribution in [2.45, 2.75) is 165 Å². The number of allylic oxidation sites excluding steroid dienone is 1. The molecule has 2 aromatic rings. The highest BCUT2D eigenvalue weighted by atomic mass is 32.2. The molecule has 3 aliphatic rings. The standard InChI is InChI=1S/C50H75NO6S/c1-3-5-6-7-8-9-10-11-12-13-14-15-16-24-34-58-47-37-45(51-56-38-39-25-18-17-19-26-39)43-35-40(27-20-22-31-52)42(28-21-23-32-53)48-44-36-41(54)29-30-46(44)57-50(47,49(43)48)55-33-4-2/h4,17-19,25-26,29-30,35-36,40,42,47-49,52-54H,2-3,5-16,20-24,27-28,31-34,37-38H2,1H3/t40-,42+,47-,48+,49+,50+/m0/s1. The molecule has 5 rings (SSSR count). The fourth-order valence-corrected chi connectivity index (χ4v) is 11.2. The van der Waals surface area contributed by atoms with Crippen molar-refractivity contribution in [1.29, 1.82) is 0 Å². The minimum Gasteiger partial charge on any atom is -0.508 e. The van der Waals surface area contributed by atoms with Gasteiger partial charge in [-0.2, -0.15) is 11.8 Å². The van der Waals surface area contributed by atoms with E-state index in [1.54, 1.807) is 6.07 Å². The van der Waals surface area contributed by atoms with Crippen LogP contribution in [0.4, 0.5) is 0 Å². The Bertz CT molecular complexity index is 1530. The lowest BCUT2D eigenvalue weighted by molar-refractivity contribution is -0.223. The van der Waals surface area contributed by atoms with Gasteiger partial charge < -0.3 is 29.6 Å². The van der Waals surface area contributed by atoms with Gasteiger partial charge in [0.25, 0.3) is 0 Å². The lowest BCUT2D eigenvalue weighted by atomic mass is 9.56. The number of fused-ring (bicyclic) bond motifs is 2. The number of hydrogen-bond acceptors (Lipinski definition) is 8. The summed E-state index contributed by atoms with van der Waals surface area (Å²) < 4.78 is 14.3. The molecule has 322 valence electrons. The maximum Gasteiger partial charge on any atom is 0.230 e. The second-order valence-electron chi connectivity index (χ2n) is 17.0. The zero-order valence-electron chi connectivity index (χ0n) is 35.7. The number of aliphatic hydroxyl groups is 2. The maximum absolute atomic E-state index is 10.9. The van der Waals surface area contributed by atoms with Gasteiger partial charge in [0.2, 0.25) is 5.79 Å². The molecule has 1 fully saturated rings. The number of oxime groups is 1. The van der Waals surface area contributed by atoms with Crippen molar-refractivity contribution in [2.75, 3.05) is 25.6 Å². The predicted molar refractivity (Wildman–Crippen MR) is 241 cm³/mol. The fraction of sp³-hybridized carbons (Fsp3) is 0.660. The zero-order chi connectivity index (χ0) is 40.8. The molecule has 6 atom stereocenters. The number of thioether (sulfide) groups is 1. The Morgan fingerprint density at radius 2 is 1.48 bits per heavy atom. The monoisotopic (exact) mass is 818 g/mol. The molecule has 0 saturated heterocycles. The molecule has 8 heteroatoms. The number of unbranched alkanes of at least 4 members (excludes halogenated alkanes) is 15. The number of phenols is 1. The van der Waals surface area contributed by atoms with Crippen LogP contribution < -0.4 is 4.74 Å². The fourth-order valence-electron chi connectivity index (χ4n) is 9.77. The van der Waals surface area contributed by atoms with Crippen molar-refractivity contribution < 1.29 is 29.6 Å². The van der Waals surface area contributed by atoms with Crippen molar-refractivity contribution >= 4 is 17.5 Å². The van der Waals surface area contributed by atoms with Gasteiger partial charge in [0.15, 0.2) is 0 Å². The smallest absolute Gasteiger partial charge is 0.230 e. The molecule has 0 radical (unpaired) electrons. The Hall–Kier alpha value is -2.78. The average Bonchev–Trinajstić information content (AvgIpc) is 3.24. The van der Waals surface area contributed by atoms with Gasteiger partial charge in [-0.3, -0.25) is 0 Å². The largest absolute Gasteiger partial charge is 0.508 e. The first kappa shape index (κ1) is 46.3. The maximum atomic E-state index is 10.9. The second-order valence-corrected chi connectivity index (χ2v) is 18.3. The van der Waals surface area contributed by atoms with Crippen molar-refractivity contribution in [3.63, 3.8) is 0 Å². The van der Waals surface area contributed by atoms with E-state index in [1.165, 1.54) is 83.5 Å². The highest BCUT2D eigenvalue weighted by molar-refractivity contribution is 8.00. The molecule has 2 aromatic carbocycles. The number of aliphatic hydroxyl groups excluding tert-OH is 2. The van der Waals surface area contributed by atoms with Gasteiger partial charge in [0, 0.05) is 31.1 Å². The van der Waals surface area contributed by atoms with E-state index in [4.69, 9.17) is 19.5 Å². The summed E-state index contributed by atoms with van der Waals surface area (Å²) in [6.45, 7) is 7.42. The van der Waals surface area contributed by atoms with E-state index >= 15 is 0 Å². The van der Waals surface area contributed by atoms with Crippen LogP contribution in [0.1, 0.15) is 159 Å². The summed E-state index contributed by atoms with van der Waals surface area (Å²) in [4.78, 5) is 6.19. The Labute approximate surface area is 355 Å². The number of aromatic hydroxyl groups is 1. The van der Waals surface area contributed by atoms with Crippen LogP contribution in [0, 0.1) is 17.8 Å². The van der Waals surface area contributed by atoms with Crippen LogP contribution in [0.15, 0.2) is 78.0 Å². The van der Waals surface area contributed by atoms with Crippen LogP contribution in [0.2, 0.25) is 0 Å². The van der Waals surface area contributed by atoms with Crippen molar-refractivity contribution in [3.05, 3.63) is 84.0 Å². The first-order valence-electron chi connectivity index (χ1n) is 23.1. The van der Waals surface area contributed by atoms with Gasteiger partial charge in [-0.05, 0) is 79.0 Å². The van der Waals surface area contributed by atoms with Gasteiger partial charge in [0.1, 0.15) is 18.1 Å². The topological polar surface area (TPSA) is 101 Å². The van der Waals surface area contributed by atoms with Crippen molar-refractivity contribution in [1.82, 2.24) is 0 Å². The summed E-state index contributed by atoms with van der Waals surface area (Å²) in [6.07, 6.45) is 28.8. The molecule has 2 aliphatic carbocycles. The van der Waals surface area contributed by atoms with Gasteiger partial charge >= 0.3 is 0 Å². The van der Waals surface area contributed by atoms with Crippen LogP contribution >= 0.6 is 11.8 Å². The Kier molecular flexibility index (Phi) is 20.6. The van der Waals surface area contributed by atoms with Crippen molar-refractivity contribution in [2.24, 2.45) is 22.9 Å². The molecule has 0 bridgehead atoms. The van der Waals surface area contributed by atoms with Crippen LogP contribution in [0.25, 0.3) is 0 Å². The molecule has 0 unspecified atom stereocenters. The summed E-state index contributed by atoms with van der Waals surface area (Å²) in [7, 11) is 0. The van der Waals surface area contributed by atoms with Gasteiger partial charge in [-0.15, -0.1) is 6.58 Å². The molecular formula is C50H75NO6S. The minimum atomic E-state index is -0.973. The quantitative estimate of drug-likeness (QED) is 0.0410. The van der Waals surface area contributed by atoms with Crippen molar-refractivity contribution in [3.8, 4) is 11.5 Å². The number of rotatable bonds is 30. The molecule has 0 amide bonds. The SMILES string of the molecule is C=CCO[C@@]12Oc3ccc(O)cc3[C@H]3[C@H](CCCCO)[C@@H](CCCCO)C=C(C(=NOCc4ccccc4)C[C@@H]1SCCCCCCCCCCCCCCCC)[C@H]32. The summed E-state index contributed by atoms with van der Waals surface area (Å²) in [6, 6.07) is 15.7. The molecule has 7 nitrogen and oxygen atoms in total. The number of benzene rings is 2. The summed E-state index contributed by atoms with van der Waals surface area (Å²) in [5.74, 6) is 1.27. The Balaban J connectivity index is 1.37. The molecular weight excluding hydrogens is 743 g/mol. The van der Waals surface area contributed by atoms with E-state index in [2.05, 4.69) is 31.7 Å². The third-order valence-electron chi connectivity index (χ3n) is 12.7. The Morgan fingerprint density at radius 3 is 2.14 bits per heavy atom. The van der Waals surface area contributed by atoms with E-state index in [9.17, 15) is 15.3 Å². The molecule has 1 aliphatic heterocycles. The zero-order valence-corrected chi connectivity index (χ0v) is 36.5. The minimum absolute atomic E-state index is 0.0118. The van der Waals surface area contributed by atoms with E-state index in [0.29, 0.717) is 19.6 Å². The third kappa shape index (κ3) is 13.1. The number of phenolic OH excluding ortho intramolecular Hbond substituents is 1. The lowest BCUT2D eigenvalue weighted by Crippen LogP contribution is -2.64. The number of ether oxygens (including phenoxy) is 2. The number of hydrogen-bond donors (Lipinski definition) is 3. The number of nitrogens with zero attached hydrogens (tertiary/aromatic N) is 1. The summed E-state index contributed by atoms with van der Waals surface area (Å²) in [5.41, 5.74) is 4.16. The summed E-state index contributed by atoms with van der Waals surface area (Å²) in [5, 5.41) is 35.4. The van der Waals surface area contributed by atoms with E-state index in [1.807, 2.05) is 48.2 Å². The molecule has 3 N–H and O–H groups in total. The normalized spacial score (nSPS) is 24.2. The van der Waals surface area contributed by atoms with Gasteiger partial charge in [0.05, 0.1) is 23.5 Å². The van der Waals surface area contributed by atoms with Gasteiger partial charge in [-0.1, -0.05) is 151 Å². The van der Waals surface area contributed by atoms with Crippen LogP contribution in [-0.2, 0) is 16.2 Å². The molecule has 0 spiro atoms. The highest BCUT2D eigenvalue weighted by Gasteiger charge is 2.63. The first-order valence-corrected chi connectivity index (χ1v) is 24.2. The Morgan fingerprint density at radius 1 is 0.828 bits per heavy atom. The molecule has 0 aromatic heterocycles. The molecule has 1 saturated carbocycles. The van der Waals surface area contributed by atoms with E-state index < -0.39 is 5.79 Å². The van der Waals surface area contributed by atoms with Crippen LogP contribution in [0.5, 0.6) is 11.5 Å². The second kappa shape index (κ2) is 25.8. The molecule has 1 heterocycles. The molecule has 58 heavy (non-hydrogen) atoms. The average molecular weight is 818 g/mol. The highest BCUT2D eigenvalue weighted by Crippen LogP contribution is 2.62. The lowest BCUT2D eigenvalue weighted by Gasteiger charge is -2.58. The first-order chi connectivity index (χ1) is 28.6. The van der Waals surface area contributed by atoms with E-state index in [-0.39, 0.29) is 47.9 Å². The van der Waals surface area contributed by atoms with Gasteiger partial charge in [-0.25, -0.2) is 0 Å². The van der Waals surface area contributed by atoms with Crippen LogP contribution in [0.3, 0.4) is 0 Å². The predicted octanol–water partition coefficient (Wildman–Crippen LogP) is 12.4. The van der Waals surface area contributed by atoms with Crippen LogP contribution in [-0.4, -0.2) is 57.6 Å².